The quantitative estimate of drug-likeness (QED) is 0.780. The smallest absolute Gasteiger partial charge is 0.228 e. The zero-order chi connectivity index (χ0) is 9.80. The Balaban J connectivity index is 1.88. The first-order valence-electron chi connectivity index (χ1n) is 4.90. The normalized spacial score (nSPS) is 21.9. The number of carbonyl (C=O) groups excluding carboxylic acids is 1. The Hall–Kier alpha value is -0.870. The number of hydrogen-bond acceptors (Lipinski definition) is 3. The van der Waals surface area contributed by atoms with Gasteiger partial charge < -0.3 is 10.6 Å². The first-order chi connectivity index (χ1) is 6.86. The van der Waals surface area contributed by atoms with E-state index in [4.69, 9.17) is 0 Å². The average molecular weight is 210 g/mol. The van der Waals surface area contributed by atoms with E-state index in [-0.39, 0.29) is 11.8 Å². The van der Waals surface area contributed by atoms with Gasteiger partial charge in [0, 0.05) is 11.9 Å². The van der Waals surface area contributed by atoms with Crippen molar-refractivity contribution in [3.8, 4) is 0 Å². The fourth-order valence-corrected chi connectivity index (χ4v) is 2.24. The molecule has 2 heterocycles. The maximum Gasteiger partial charge on any atom is 0.228 e. The van der Waals surface area contributed by atoms with Crippen molar-refractivity contribution in [1.29, 1.82) is 0 Å². The third kappa shape index (κ3) is 2.33. The van der Waals surface area contributed by atoms with Crippen molar-refractivity contribution >= 4 is 22.9 Å². The van der Waals surface area contributed by atoms with Gasteiger partial charge in [-0.15, -0.1) is 0 Å². The summed E-state index contributed by atoms with van der Waals surface area (Å²) in [7, 11) is 0. The SMILES string of the molecule is O=C(Nc1ccsc1)[C@H]1CCCNC1. The Bertz CT molecular complexity index is 291. The molecular formula is C10H14N2OS. The fraction of sp³-hybridized carbons (Fsp3) is 0.500. The maximum absolute atomic E-state index is 11.7. The molecule has 0 saturated carbocycles. The maximum atomic E-state index is 11.7. The van der Waals surface area contributed by atoms with Crippen LogP contribution in [0.15, 0.2) is 16.8 Å². The lowest BCUT2D eigenvalue weighted by atomic mass is 9.99. The van der Waals surface area contributed by atoms with Crippen molar-refractivity contribution in [2.75, 3.05) is 18.4 Å². The van der Waals surface area contributed by atoms with E-state index in [9.17, 15) is 4.79 Å². The van der Waals surface area contributed by atoms with E-state index in [0.717, 1.165) is 31.6 Å². The second-order valence-electron chi connectivity index (χ2n) is 3.54. The van der Waals surface area contributed by atoms with Gasteiger partial charge in [-0.25, -0.2) is 0 Å². The zero-order valence-corrected chi connectivity index (χ0v) is 8.77. The lowest BCUT2D eigenvalue weighted by Gasteiger charge is -2.21. The van der Waals surface area contributed by atoms with Gasteiger partial charge in [-0.2, -0.15) is 11.3 Å². The molecule has 0 bridgehead atoms. The van der Waals surface area contributed by atoms with Crippen LogP contribution in [0.4, 0.5) is 5.69 Å². The lowest BCUT2D eigenvalue weighted by Crippen LogP contribution is -2.37. The second-order valence-corrected chi connectivity index (χ2v) is 4.32. The molecule has 0 unspecified atom stereocenters. The van der Waals surface area contributed by atoms with Gasteiger partial charge in [-0.3, -0.25) is 4.79 Å². The summed E-state index contributed by atoms with van der Waals surface area (Å²) in [5, 5.41) is 10.1. The molecule has 2 N–H and O–H groups in total. The molecule has 1 aromatic rings. The van der Waals surface area contributed by atoms with Crippen molar-refractivity contribution in [3.63, 3.8) is 0 Å². The molecule has 2 rings (SSSR count). The number of carbonyl (C=O) groups is 1. The molecule has 1 aliphatic rings. The van der Waals surface area contributed by atoms with Gasteiger partial charge in [-0.1, -0.05) is 0 Å². The predicted octanol–water partition coefficient (Wildman–Crippen LogP) is 1.69. The molecule has 3 nitrogen and oxygen atoms in total. The van der Waals surface area contributed by atoms with Crippen LogP contribution in [0, 0.1) is 5.92 Å². The highest BCUT2D eigenvalue weighted by Gasteiger charge is 2.20. The highest BCUT2D eigenvalue weighted by atomic mass is 32.1. The molecule has 1 aromatic heterocycles. The second kappa shape index (κ2) is 4.57. The number of nitrogens with one attached hydrogen (secondary N) is 2. The van der Waals surface area contributed by atoms with Crippen molar-refractivity contribution in [2.45, 2.75) is 12.8 Å². The topological polar surface area (TPSA) is 41.1 Å². The van der Waals surface area contributed by atoms with E-state index < -0.39 is 0 Å². The Morgan fingerprint density at radius 3 is 3.21 bits per heavy atom. The van der Waals surface area contributed by atoms with Gasteiger partial charge >= 0.3 is 0 Å². The molecule has 76 valence electrons. The molecule has 1 saturated heterocycles. The molecular weight excluding hydrogens is 196 g/mol. The number of rotatable bonds is 2. The summed E-state index contributed by atoms with van der Waals surface area (Å²) in [5.41, 5.74) is 0.922. The highest BCUT2D eigenvalue weighted by Crippen LogP contribution is 2.16. The minimum atomic E-state index is 0.142. The zero-order valence-electron chi connectivity index (χ0n) is 7.95. The van der Waals surface area contributed by atoms with Gasteiger partial charge in [0.05, 0.1) is 11.6 Å². The molecule has 0 spiro atoms. The minimum absolute atomic E-state index is 0.142. The fourth-order valence-electron chi connectivity index (χ4n) is 1.66. The number of anilines is 1. The molecule has 1 fully saturated rings. The van der Waals surface area contributed by atoms with Crippen molar-refractivity contribution in [2.24, 2.45) is 5.92 Å². The van der Waals surface area contributed by atoms with Crippen LogP contribution in [-0.4, -0.2) is 19.0 Å². The predicted molar refractivity (Wildman–Crippen MR) is 58.5 cm³/mol. The third-order valence-corrected chi connectivity index (χ3v) is 3.14. The van der Waals surface area contributed by atoms with Gasteiger partial charge in [0.25, 0.3) is 0 Å². The van der Waals surface area contributed by atoms with Gasteiger partial charge in [-0.05, 0) is 30.8 Å². The van der Waals surface area contributed by atoms with Crippen LogP contribution in [0.3, 0.4) is 0 Å². The Morgan fingerprint density at radius 1 is 1.64 bits per heavy atom. The van der Waals surface area contributed by atoms with Crippen LogP contribution in [0.2, 0.25) is 0 Å². The van der Waals surface area contributed by atoms with E-state index in [2.05, 4.69) is 10.6 Å². The lowest BCUT2D eigenvalue weighted by molar-refractivity contribution is -0.120. The molecule has 1 aliphatic heterocycles. The molecule has 0 aromatic carbocycles. The summed E-state index contributed by atoms with van der Waals surface area (Å²) in [4.78, 5) is 11.7. The number of amides is 1. The van der Waals surface area contributed by atoms with Crippen LogP contribution >= 0.6 is 11.3 Å². The van der Waals surface area contributed by atoms with Crippen molar-refractivity contribution < 1.29 is 4.79 Å². The average Bonchev–Trinajstić information content (AvgIpc) is 2.72. The van der Waals surface area contributed by atoms with Crippen molar-refractivity contribution in [3.05, 3.63) is 16.8 Å². The van der Waals surface area contributed by atoms with E-state index in [0.29, 0.717) is 0 Å². The van der Waals surface area contributed by atoms with Crippen LogP contribution in [0.1, 0.15) is 12.8 Å². The number of piperidine rings is 1. The van der Waals surface area contributed by atoms with Crippen LogP contribution in [0.25, 0.3) is 0 Å². The number of thiophene rings is 1. The van der Waals surface area contributed by atoms with Crippen LogP contribution in [0.5, 0.6) is 0 Å². The Morgan fingerprint density at radius 2 is 2.57 bits per heavy atom. The minimum Gasteiger partial charge on any atom is -0.325 e. The molecule has 14 heavy (non-hydrogen) atoms. The van der Waals surface area contributed by atoms with Gasteiger partial charge in [0.1, 0.15) is 0 Å². The summed E-state index contributed by atoms with van der Waals surface area (Å²) in [5.74, 6) is 0.291. The van der Waals surface area contributed by atoms with Gasteiger partial charge in [0.2, 0.25) is 5.91 Å². The third-order valence-electron chi connectivity index (χ3n) is 2.46. The Labute approximate surface area is 87.5 Å². The number of hydrogen-bond donors (Lipinski definition) is 2. The molecule has 0 aliphatic carbocycles. The van der Waals surface area contributed by atoms with Gasteiger partial charge in [0.15, 0.2) is 0 Å². The summed E-state index contributed by atoms with van der Waals surface area (Å²) in [6.45, 7) is 1.86. The summed E-state index contributed by atoms with van der Waals surface area (Å²) >= 11 is 1.60. The Kier molecular flexibility index (Phi) is 3.16. The van der Waals surface area contributed by atoms with Crippen LogP contribution in [-0.2, 0) is 4.79 Å². The largest absolute Gasteiger partial charge is 0.325 e. The van der Waals surface area contributed by atoms with E-state index >= 15 is 0 Å². The standard InChI is InChI=1S/C10H14N2OS/c13-10(8-2-1-4-11-6-8)12-9-3-5-14-7-9/h3,5,7-8,11H,1-2,4,6H2,(H,12,13)/t8-/m0/s1. The summed E-state index contributed by atoms with van der Waals surface area (Å²) in [6.07, 6.45) is 2.10. The summed E-state index contributed by atoms with van der Waals surface area (Å²) < 4.78 is 0. The molecule has 1 atom stereocenters. The van der Waals surface area contributed by atoms with E-state index in [1.165, 1.54) is 0 Å². The first kappa shape index (κ1) is 9.68. The highest BCUT2D eigenvalue weighted by molar-refractivity contribution is 7.08. The van der Waals surface area contributed by atoms with E-state index in [1.807, 2.05) is 16.8 Å². The molecule has 0 radical (unpaired) electrons. The summed E-state index contributed by atoms with van der Waals surface area (Å²) in [6, 6.07) is 1.93. The molecule has 1 amide bonds. The van der Waals surface area contributed by atoms with E-state index in [1.54, 1.807) is 11.3 Å². The van der Waals surface area contributed by atoms with Crippen LogP contribution < -0.4 is 10.6 Å². The first-order valence-corrected chi connectivity index (χ1v) is 5.84. The monoisotopic (exact) mass is 210 g/mol. The van der Waals surface area contributed by atoms with Crippen molar-refractivity contribution in [1.82, 2.24) is 5.32 Å². The molecule has 4 heteroatoms.